The Morgan fingerprint density at radius 3 is 2.73 bits per heavy atom. The standard InChI is InChI=1S/C19H28N2O/c1-14-7-3-6-10-18(14)20-19(22)15(2)21-12-11-16-8-4-5-9-17(16)13-21/h4-5,8-9,14-15,18H,3,6-7,10-13H2,1-2H3,(H,20,22). The second-order valence-electron chi connectivity index (χ2n) is 7.04. The van der Waals surface area contributed by atoms with Gasteiger partial charge in [-0.15, -0.1) is 0 Å². The minimum atomic E-state index is -0.0394. The highest BCUT2D eigenvalue weighted by molar-refractivity contribution is 5.81. The molecule has 1 amide bonds. The Kier molecular flexibility index (Phi) is 4.82. The normalized spacial score (nSPS) is 27.0. The van der Waals surface area contributed by atoms with Crippen molar-refractivity contribution in [3.05, 3.63) is 35.4 Å². The molecule has 0 radical (unpaired) electrons. The Balaban J connectivity index is 1.59. The number of amides is 1. The fourth-order valence-corrected chi connectivity index (χ4v) is 3.85. The minimum absolute atomic E-state index is 0.0394. The van der Waals surface area contributed by atoms with Gasteiger partial charge in [-0.05, 0) is 43.2 Å². The van der Waals surface area contributed by atoms with Crippen LogP contribution in [0.25, 0.3) is 0 Å². The topological polar surface area (TPSA) is 32.3 Å². The highest BCUT2D eigenvalue weighted by Gasteiger charge is 2.28. The van der Waals surface area contributed by atoms with Crippen LogP contribution in [-0.4, -0.2) is 29.4 Å². The van der Waals surface area contributed by atoms with Gasteiger partial charge in [0.15, 0.2) is 0 Å². The van der Waals surface area contributed by atoms with Crippen LogP contribution in [0, 0.1) is 5.92 Å². The zero-order valence-corrected chi connectivity index (χ0v) is 13.8. The first-order chi connectivity index (χ1) is 10.6. The monoisotopic (exact) mass is 300 g/mol. The highest BCUT2D eigenvalue weighted by Crippen LogP contribution is 2.24. The van der Waals surface area contributed by atoms with E-state index in [9.17, 15) is 4.79 Å². The lowest BCUT2D eigenvalue weighted by Crippen LogP contribution is -2.51. The summed E-state index contributed by atoms with van der Waals surface area (Å²) in [4.78, 5) is 14.9. The van der Waals surface area contributed by atoms with Gasteiger partial charge in [0.2, 0.25) is 5.91 Å². The van der Waals surface area contributed by atoms with Gasteiger partial charge in [0.1, 0.15) is 0 Å². The molecule has 1 aliphatic carbocycles. The lowest BCUT2D eigenvalue weighted by atomic mass is 9.86. The fraction of sp³-hybridized carbons (Fsp3) is 0.632. The molecule has 1 saturated carbocycles. The van der Waals surface area contributed by atoms with Crippen LogP contribution in [0.4, 0.5) is 0 Å². The summed E-state index contributed by atoms with van der Waals surface area (Å²) < 4.78 is 0. The van der Waals surface area contributed by atoms with Crippen molar-refractivity contribution in [3.8, 4) is 0 Å². The molecule has 3 rings (SSSR count). The summed E-state index contributed by atoms with van der Waals surface area (Å²) in [6.07, 6.45) is 6.00. The first-order valence-corrected chi connectivity index (χ1v) is 8.76. The van der Waals surface area contributed by atoms with Gasteiger partial charge in [-0.3, -0.25) is 9.69 Å². The van der Waals surface area contributed by atoms with Gasteiger partial charge in [0, 0.05) is 19.1 Å². The van der Waals surface area contributed by atoms with Crippen LogP contribution in [-0.2, 0) is 17.8 Å². The van der Waals surface area contributed by atoms with Crippen molar-refractivity contribution in [1.29, 1.82) is 0 Å². The molecule has 1 heterocycles. The zero-order valence-electron chi connectivity index (χ0n) is 13.8. The van der Waals surface area contributed by atoms with Crippen LogP contribution >= 0.6 is 0 Å². The number of hydrogen-bond acceptors (Lipinski definition) is 2. The molecule has 3 atom stereocenters. The summed E-state index contributed by atoms with van der Waals surface area (Å²) in [5.41, 5.74) is 2.81. The van der Waals surface area contributed by atoms with Crippen LogP contribution in [0.2, 0.25) is 0 Å². The Hall–Kier alpha value is -1.35. The maximum Gasteiger partial charge on any atom is 0.237 e. The molecule has 1 aromatic rings. The lowest BCUT2D eigenvalue weighted by Gasteiger charge is -2.35. The second-order valence-corrected chi connectivity index (χ2v) is 7.04. The first kappa shape index (κ1) is 15.5. The van der Waals surface area contributed by atoms with E-state index in [1.54, 1.807) is 0 Å². The van der Waals surface area contributed by atoms with E-state index in [0.29, 0.717) is 12.0 Å². The van der Waals surface area contributed by atoms with Crippen molar-refractivity contribution in [2.45, 2.75) is 64.6 Å². The molecular formula is C19H28N2O. The molecule has 1 fully saturated rings. The zero-order chi connectivity index (χ0) is 15.5. The molecule has 2 aliphatic rings. The van der Waals surface area contributed by atoms with Gasteiger partial charge in [-0.2, -0.15) is 0 Å². The second kappa shape index (κ2) is 6.82. The van der Waals surface area contributed by atoms with Crippen molar-refractivity contribution in [3.63, 3.8) is 0 Å². The van der Waals surface area contributed by atoms with Crippen molar-refractivity contribution in [1.82, 2.24) is 10.2 Å². The van der Waals surface area contributed by atoms with Crippen LogP contribution in [0.5, 0.6) is 0 Å². The van der Waals surface area contributed by atoms with Gasteiger partial charge in [0.25, 0.3) is 0 Å². The number of hydrogen-bond donors (Lipinski definition) is 1. The Morgan fingerprint density at radius 2 is 1.95 bits per heavy atom. The van der Waals surface area contributed by atoms with Gasteiger partial charge in [-0.1, -0.05) is 44.0 Å². The molecule has 1 aliphatic heterocycles. The summed E-state index contributed by atoms with van der Waals surface area (Å²) >= 11 is 0. The highest BCUT2D eigenvalue weighted by atomic mass is 16.2. The third-order valence-electron chi connectivity index (χ3n) is 5.53. The molecule has 0 aromatic heterocycles. The van der Waals surface area contributed by atoms with Gasteiger partial charge in [-0.25, -0.2) is 0 Å². The molecule has 3 nitrogen and oxygen atoms in total. The molecule has 0 bridgehead atoms. The van der Waals surface area contributed by atoms with Crippen LogP contribution < -0.4 is 5.32 Å². The van der Waals surface area contributed by atoms with Crippen LogP contribution in [0.1, 0.15) is 50.7 Å². The van der Waals surface area contributed by atoms with E-state index in [1.807, 2.05) is 0 Å². The van der Waals surface area contributed by atoms with Crippen LogP contribution in [0.15, 0.2) is 24.3 Å². The number of rotatable bonds is 3. The summed E-state index contributed by atoms with van der Waals surface area (Å²) in [7, 11) is 0. The number of carbonyl (C=O) groups excluding carboxylic acids is 1. The summed E-state index contributed by atoms with van der Waals surface area (Å²) in [6.45, 7) is 6.19. The van der Waals surface area contributed by atoms with E-state index in [0.717, 1.165) is 25.9 Å². The van der Waals surface area contributed by atoms with E-state index in [4.69, 9.17) is 0 Å². The van der Waals surface area contributed by atoms with Gasteiger partial charge in [0.05, 0.1) is 6.04 Å². The molecule has 120 valence electrons. The quantitative estimate of drug-likeness (QED) is 0.930. The molecule has 3 heteroatoms. The predicted octanol–water partition coefficient (Wildman–Crippen LogP) is 3.13. The van der Waals surface area contributed by atoms with E-state index < -0.39 is 0 Å². The molecule has 1 aromatic carbocycles. The number of carbonyl (C=O) groups is 1. The maximum atomic E-state index is 12.6. The maximum absolute atomic E-state index is 12.6. The SMILES string of the molecule is CC1CCCCC1NC(=O)C(C)N1CCc2ccccc2C1. The number of benzene rings is 1. The van der Waals surface area contributed by atoms with Crippen molar-refractivity contribution in [2.24, 2.45) is 5.92 Å². The Bertz CT molecular complexity index is 528. The van der Waals surface area contributed by atoms with Crippen molar-refractivity contribution in [2.75, 3.05) is 6.54 Å². The van der Waals surface area contributed by atoms with Crippen molar-refractivity contribution >= 4 is 5.91 Å². The van der Waals surface area contributed by atoms with E-state index in [1.165, 1.54) is 30.4 Å². The first-order valence-electron chi connectivity index (χ1n) is 8.76. The smallest absolute Gasteiger partial charge is 0.237 e. The largest absolute Gasteiger partial charge is 0.352 e. The Labute approximate surface area is 134 Å². The number of nitrogens with one attached hydrogen (secondary N) is 1. The summed E-state index contributed by atoms with van der Waals surface area (Å²) in [5.74, 6) is 0.824. The molecule has 0 spiro atoms. The average molecular weight is 300 g/mol. The van der Waals surface area contributed by atoms with Crippen LogP contribution in [0.3, 0.4) is 0 Å². The summed E-state index contributed by atoms with van der Waals surface area (Å²) in [6, 6.07) is 8.94. The lowest BCUT2D eigenvalue weighted by molar-refractivity contribution is -0.127. The number of nitrogens with zero attached hydrogens (tertiary/aromatic N) is 1. The third kappa shape index (κ3) is 3.35. The average Bonchev–Trinajstić information content (AvgIpc) is 2.55. The molecule has 0 saturated heterocycles. The third-order valence-corrected chi connectivity index (χ3v) is 5.53. The summed E-state index contributed by atoms with van der Waals surface area (Å²) in [5, 5.41) is 3.31. The fourth-order valence-electron chi connectivity index (χ4n) is 3.85. The van der Waals surface area contributed by atoms with Gasteiger partial charge < -0.3 is 5.32 Å². The van der Waals surface area contributed by atoms with E-state index in [2.05, 4.69) is 48.3 Å². The van der Waals surface area contributed by atoms with E-state index >= 15 is 0 Å². The predicted molar refractivity (Wildman–Crippen MR) is 89.6 cm³/mol. The number of fused-ring (bicyclic) bond motifs is 1. The minimum Gasteiger partial charge on any atom is -0.352 e. The molecule has 22 heavy (non-hydrogen) atoms. The Morgan fingerprint density at radius 1 is 1.23 bits per heavy atom. The molecule has 1 N–H and O–H groups in total. The van der Waals surface area contributed by atoms with E-state index in [-0.39, 0.29) is 11.9 Å². The molecular weight excluding hydrogens is 272 g/mol. The molecule has 3 unspecified atom stereocenters. The van der Waals surface area contributed by atoms with Crippen molar-refractivity contribution < 1.29 is 4.79 Å². The van der Waals surface area contributed by atoms with Gasteiger partial charge >= 0.3 is 0 Å².